The largest absolute Gasteiger partial charge is 0.259 e. The van der Waals surface area contributed by atoms with E-state index in [4.69, 9.17) is 10.1 Å². The maximum absolute atomic E-state index is 4.93. The van der Waals surface area contributed by atoms with Gasteiger partial charge in [0.05, 0.1) is 11.4 Å². The zero-order valence-corrected chi connectivity index (χ0v) is 14.1. The third-order valence-electron chi connectivity index (χ3n) is 4.23. The Kier molecular flexibility index (Phi) is 4.13. The van der Waals surface area contributed by atoms with Gasteiger partial charge in [-0.1, -0.05) is 78.4 Å². The molecule has 0 saturated carbocycles. The molecule has 0 saturated heterocycles. The first-order valence-corrected chi connectivity index (χ1v) is 8.40. The molecule has 4 rings (SSSR count). The Labute approximate surface area is 148 Å². The smallest absolute Gasteiger partial charge is 0.132 e. The normalized spacial score (nSPS) is 14.0. The number of nitrogens with zero attached hydrogens (tertiary/aromatic N) is 3. The molecule has 1 aliphatic heterocycles. The van der Waals surface area contributed by atoms with Crippen LogP contribution in [0.25, 0.3) is 0 Å². The van der Waals surface area contributed by atoms with Crippen molar-refractivity contribution in [3.05, 3.63) is 102 Å². The maximum Gasteiger partial charge on any atom is 0.132 e. The molecule has 0 unspecified atom stereocenters. The van der Waals surface area contributed by atoms with Crippen LogP contribution in [0.5, 0.6) is 0 Å². The number of aliphatic imine (C=N–C) groups is 1. The number of rotatable bonds is 3. The first-order chi connectivity index (χ1) is 12.3. The summed E-state index contributed by atoms with van der Waals surface area (Å²) >= 11 is 0. The number of hydrazone groups is 1. The van der Waals surface area contributed by atoms with Crippen LogP contribution in [-0.2, 0) is 0 Å². The summed E-state index contributed by atoms with van der Waals surface area (Å²) in [5.41, 5.74) is 6.29. The van der Waals surface area contributed by atoms with Gasteiger partial charge in [0.15, 0.2) is 0 Å². The molecule has 0 bridgehead atoms. The molecule has 0 fully saturated rings. The van der Waals surface area contributed by atoms with Crippen molar-refractivity contribution < 1.29 is 0 Å². The van der Waals surface area contributed by atoms with Crippen LogP contribution in [0.4, 0.5) is 5.69 Å². The molecule has 3 nitrogen and oxygen atoms in total. The lowest BCUT2D eigenvalue weighted by atomic mass is 9.99. The summed E-state index contributed by atoms with van der Waals surface area (Å²) in [6.07, 6.45) is 0. The molecule has 0 spiro atoms. The number of aryl methyl sites for hydroxylation is 1. The van der Waals surface area contributed by atoms with Crippen molar-refractivity contribution in [3.8, 4) is 0 Å². The van der Waals surface area contributed by atoms with Gasteiger partial charge in [-0.05, 0) is 19.1 Å². The SMILES string of the molecule is Cc1ccc(N2CN=C(c3ccccc3)C(c3ccccc3)=N2)cc1. The van der Waals surface area contributed by atoms with Gasteiger partial charge < -0.3 is 0 Å². The predicted octanol–water partition coefficient (Wildman–Crippen LogP) is 4.67. The average Bonchev–Trinajstić information content (AvgIpc) is 2.69. The highest BCUT2D eigenvalue weighted by Gasteiger charge is 2.20. The van der Waals surface area contributed by atoms with E-state index in [9.17, 15) is 0 Å². The number of benzene rings is 3. The molecule has 0 aromatic heterocycles. The van der Waals surface area contributed by atoms with E-state index in [0.29, 0.717) is 6.67 Å². The van der Waals surface area contributed by atoms with Crippen molar-refractivity contribution >= 4 is 17.1 Å². The highest BCUT2D eigenvalue weighted by atomic mass is 15.5. The summed E-state index contributed by atoms with van der Waals surface area (Å²) in [6.45, 7) is 2.61. The summed E-state index contributed by atoms with van der Waals surface area (Å²) in [5.74, 6) is 0. The van der Waals surface area contributed by atoms with Crippen LogP contribution in [0.2, 0.25) is 0 Å². The highest BCUT2D eigenvalue weighted by molar-refractivity contribution is 6.54. The van der Waals surface area contributed by atoms with Crippen molar-refractivity contribution in [1.29, 1.82) is 0 Å². The molecule has 1 heterocycles. The molecule has 0 atom stereocenters. The molecule has 0 amide bonds. The number of anilines is 1. The van der Waals surface area contributed by atoms with Crippen molar-refractivity contribution in [1.82, 2.24) is 0 Å². The van der Waals surface area contributed by atoms with E-state index in [1.807, 2.05) is 41.4 Å². The van der Waals surface area contributed by atoms with E-state index in [0.717, 1.165) is 28.2 Å². The molecule has 0 N–H and O–H groups in total. The van der Waals surface area contributed by atoms with Crippen LogP contribution in [0.1, 0.15) is 16.7 Å². The molecule has 25 heavy (non-hydrogen) atoms. The Morgan fingerprint density at radius 3 is 1.84 bits per heavy atom. The van der Waals surface area contributed by atoms with Gasteiger partial charge in [0.1, 0.15) is 12.4 Å². The van der Waals surface area contributed by atoms with Gasteiger partial charge >= 0.3 is 0 Å². The Morgan fingerprint density at radius 1 is 0.680 bits per heavy atom. The van der Waals surface area contributed by atoms with Crippen LogP contribution in [0.3, 0.4) is 0 Å². The summed E-state index contributed by atoms with van der Waals surface area (Å²) in [7, 11) is 0. The van der Waals surface area contributed by atoms with Crippen LogP contribution < -0.4 is 5.01 Å². The van der Waals surface area contributed by atoms with E-state index in [2.05, 4.69) is 55.5 Å². The summed E-state index contributed by atoms with van der Waals surface area (Å²) in [6, 6.07) is 28.9. The zero-order chi connectivity index (χ0) is 17.1. The van der Waals surface area contributed by atoms with E-state index in [1.165, 1.54) is 5.56 Å². The van der Waals surface area contributed by atoms with Gasteiger partial charge in [0.2, 0.25) is 0 Å². The Balaban J connectivity index is 1.78. The molecule has 0 radical (unpaired) electrons. The van der Waals surface area contributed by atoms with Crippen LogP contribution >= 0.6 is 0 Å². The minimum Gasteiger partial charge on any atom is -0.259 e. The first kappa shape index (κ1) is 15.3. The average molecular weight is 325 g/mol. The summed E-state index contributed by atoms with van der Waals surface area (Å²) in [5, 5.41) is 6.88. The first-order valence-electron chi connectivity index (χ1n) is 8.40. The van der Waals surface area contributed by atoms with Gasteiger partial charge in [-0.2, -0.15) is 5.10 Å². The Bertz CT molecular complexity index is 911. The monoisotopic (exact) mass is 325 g/mol. The van der Waals surface area contributed by atoms with E-state index >= 15 is 0 Å². The van der Waals surface area contributed by atoms with E-state index in [1.54, 1.807) is 0 Å². The molecule has 0 aliphatic carbocycles. The lowest BCUT2D eigenvalue weighted by Gasteiger charge is -2.25. The Hall–Kier alpha value is -3.20. The minimum atomic E-state index is 0.517. The van der Waals surface area contributed by atoms with Gasteiger partial charge in [-0.25, -0.2) is 5.01 Å². The molecule has 3 aromatic rings. The standard InChI is InChI=1S/C22H19N3/c1-17-12-14-20(15-13-17)25-16-23-21(18-8-4-2-5-9-18)22(24-25)19-10-6-3-7-11-19/h2-15H,16H2,1H3. The van der Waals surface area contributed by atoms with Crippen LogP contribution in [0, 0.1) is 6.92 Å². The molecular formula is C22H19N3. The molecule has 1 aliphatic rings. The van der Waals surface area contributed by atoms with Crippen molar-refractivity contribution in [2.75, 3.05) is 11.7 Å². The zero-order valence-electron chi connectivity index (χ0n) is 14.1. The number of hydrogen-bond acceptors (Lipinski definition) is 3. The van der Waals surface area contributed by atoms with Crippen molar-refractivity contribution in [2.24, 2.45) is 10.1 Å². The lowest BCUT2D eigenvalue weighted by molar-refractivity contribution is 0.858. The molecule has 3 heteroatoms. The quantitative estimate of drug-likeness (QED) is 0.688. The second-order valence-corrected chi connectivity index (χ2v) is 6.06. The summed E-state index contributed by atoms with van der Waals surface area (Å²) in [4.78, 5) is 4.85. The van der Waals surface area contributed by atoms with Gasteiger partial charge in [0, 0.05) is 11.1 Å². The second-order valence-electron chi connectivity index (χ2n) is 6.06. The fourth-order valence-electron chi connectivity index (χ4n) is 2.88. The van der Waals surface area contributed by atoms with Crippen molar-refractivity contribution in [2.45, 2.75) is 6.92 Å². The molecule has 122 valence electrons. The fraction of sp³-hybridized carbons (Fsp3) is 0.0909. The van der Waals surface area contributed by atoms with Crippen LogP contribution in [0.15, 0.2) is 95.0 Å². The van der Waals surface area contributed by atoms with E-state index < -0.39 is 0 Å². The van der Waals surface area contributed by atoms with E-state index in [-0.39, 0.29) is 0 Å². The predicted molar refractivity (Wildman–Crippen MR) is 104 cm³/mol. The maximum atomic E-state index is 4.93. The van der Waals surface area contributed by atoms with Crippen LogP contribution in [-0.4, -0.2) is 18.1 Å². The topological polar surface area (TPSA) is 28.0 Å². The third-order valence-corrected chi connectivity index (χ3v) is 4.23. The van der Waals surface area contributed by atoms with Gasteiger partial charge in [-0.15, -0.1) is 0 Å². The summed E-state index contributed by atoms with van der Waals surface area (Å²) < 4.78 is 0. The molecule has 3 aromatic carbocycles. The van der Waals surface area contributed by atoms with Crippen molar-refractivity contribution in [3.63, 3.8) is 0 Å². The van der Waals surface area contributed by atoms with Gasteiger partial charge in [0.25, 0.3) is 0 Å². The second kappa shape index (κ2) is 6.73. The third kappa shape index (κ3) is 3.22. The lowest BCUT2D eigenvalue weighted by Crippen LogP contribution is -2.31. The number of hydrogen-bond donors (Lipinski definition) is 0. The molecular weight excluding hydrogens is 306 g/mol. The fourth-order valence-corrected chi connectivity index (χ4v) is 2.88. The van der Waals surface area contributed by atoms with Gasteiger partial charge in [-0.3, -0.25) is 4.99 Å². The highest BCUT2D eigenvalue weighted by Crippen LogP contribution is 2.21. The minimum absolute atomic E-state index is 0.517. The Morgan fingerprint density at radius 2 is 1.24 bits per heavy atom.